The van der Waals surface area contributed by atoms with E-state index in [1.165, 1.54) is 6.07 Å². The Labute approximate surface area is 109 Å². The second-order valence-electron chi connectivity index (χ2n) is 3.77. The number of benzene rings is 2. The molecule has 0 fully saturated rings. The van der Waals surface area contributed by atoms with Gasteiger partial charge in [-0.2, -0.15) is 0 Å². The Morgan fingerprint density at radius 3 is 2.39 bits per heavy atom. The molecule has 0 radical (unpaired) electrons. The molecule has 2 rings (SSSR count). The monoisotopic (exact) mass is 263 g/mol. The maximum absolute atomic E-state index is 11.0. The summed E-state index contributed by atoms with van der Waals surface area (Å²) in [7, 11) is 0. The van der Waals surface area contributed by atoms with Crippen molar-refractivity contribution in [3.05, 3.63) is 63.2 Å². The van der Waals surface area contributed by atoms with Gasteiger partial charge in [0.25, 0.3) is 5.69 Å². The molecule has 18 heavy (non-hydrogen) atoms. The van der Waals surface area contributed by atoms with E-state index in [4.69, 9.17) is 16.7 Å². The van der Waals surface area contributed by atoms with Crippen LogP contribution in [0.3, 0.4) is 0 Å². The molecule has 5 heteroatoms. The molecule has 0 atom stereocenters. The maximum Gasteiger partial charge on any atom is 0.278 e. The van der Waals surface area contributed by atoms with E-state index in [9.17, 15) is 10.1 Å². The quantitative estimate of drug-likeness (QED) is 0.682. The van der Waals surface area contributed by atoms with E-state index in [-0.39, 0.29) is 12.3 Å². The van der Waals surface area contributed by atoms with Crippen LogP contribution in [-0.2, 0) is 6.61 Å². The second-order valence-corrected chi connectivity index (χ2v) is 4.21. The van der Waals surface area contributed by atoms with Crippen molar-refractivity contribution in [3.8, 4) is 11.1 Å². The van der Waals surface area contributed by atoms with Crippen LogP contribution in [0.25, 0.3) is 11.1 Å². The predicted molar refractivity (Wildman–Crippen MR) is 69.5 cm³/mol. The Balaban J connectivity index is 2.52. The van der Waals surface area contributed by atoms with Crippen LogP contribution >= 0.6 is 11.6 Å². The number of aliphatic hydroxyl groups excluding tert-OH is 1. The zero-order valence-corrected chi connectivity index (χ0v) is 10.1. The molecular weight excluding hydrogens is 254 g/mol. The van der Waals surface area contributed by atoms with Crippen molar-refractivity contribution in [2.45, 2.75) is 6.61 Å². The molecule has 4 nitrogen and oxygen atoms in total. The zero-order chi connectivity index (χ0) is 13.1. The average Bonchev–Trinajstić information content (AvgIpc) is 2.39. The maximum atomic E-state index is 11.0. The fraction of sp³-hybridized carbons (Fsp3) is 0.0769. The van der Waals surface area contributed by atoms with Gasteiger partial charge < -0.3 is 5.11 Å². The van der Waals surface area contributed by atoms with Gasteiger partial charge in [-0.3, -0.25) is 10.1 Å². The van der Waals surface area contributed by atoms with E-state index in [0.29, 0.717) is 10.6 Å². The molecule has 0 bridgehead atoms. The molecule has 92 valence electrons. The third-order valence-electron chi connectivity index (χ3n) is 2.60. The van der Waals surface area contributed by atoms with E-state index >= 15 is 0 Å². The molecule has 0 spiro atoms. The van der Waals surface area contributed by atoms with Crippen LogP contribution in [0.4, 0.5) is 5.69 Å². The molecule has 0 unspecified atom stereocenters. The summed E-state index contributed by atoms with van der Waals surface area (Å²) >= 11 is 5.76. The van der Waals surface area contributed by atoms with Crippen LogP contribution in [-0.4, -0.2) is 10.0 Å². The van der Waals surface area contributed by atoms with Crippen LogP contribution in [0.1, 0.15) is 5.56 Å². The number of nitro groups is 1. The van der Waals surface area contributed by atoms with Crippen LogP contribution in [0.2, 0.25) is 5.02 Å². The summed E-state index contributed by atoms with van der Waals surface area (Å²) in [6.07, 6.45) is 0. The van der Waals surface area contributed by atoms with Gasteiger partial charge in [-0.05, 0) is 23.3 Å². The van der Waals surface area contributed by atoms with Crippen LogP contribution in [0.15, 0.2) is 42.5 Å². The first-order chi connectivity index (χ1) is 8.61. The molecule has 0 aromatic heterocycles. The highest BCUT2D eigenvalue weighted by atomic mass is 35.5. The Morgan fingerprint density at radius 2 is 1.83 bits per heavy atom. The van der Waals surface area contributed by atoms with Crippen molar-refractivity contribution in [1.82, 2.24) is 0 Å². The molecule has 0 saturated carbocycles. The SMILES string of the molecule is O=[N+]([O-])c1cc(Cl)ccc1-c1ccc(CO)cc1. The van der Waals surface area contributed by atoms with Gasteiger partial charge in [0.05, 0.1) is 17.1 Å². The van der Waals surface area contributed by atoms with Crippen molar-refractivity contribution >= 4 is 17.3 Å². The highest BCUT2D eigenvalue weighted by molar-refractivity contribution is 6.30. The van der Waals surface area contributed by atoms with Gasteiger partial charge in [0, 0.05) is 11.1 Å². The largest absolute Gasteiger partial charge is 0.392 e. The van der Waals surface area contributed by atoms with Gasteiger partial charge in [-0.15, -0.1) is 0 Å². The summed E-state index contributed by atoms with van der Waals surface area (Å²) in [6.45, 7) is -0.0526. The molecule has 1 N–H and O–H groups in total. The minimum Gasteiger partial charge on any atom is -0.392 e. The smallest absolute Gasteiger partial charge is 0.278 e. The van der Waals surface area contributed by atoms with Crippen molar-refractivity contribution < 1.29 is 10.0 Å². The number of nitro benzene ring substituents is 1. The van der Waals surface area contributed by atoms with Gasteiger partial charge in [0.2, 0.25) is 0 Å². The van der Waals surface area contributed by atoms with Gasteiger partial charge in [-0.25, -0.2) is 0 Å². The minimum absolute atomic E-state index is 0.0285. The highest BCUT2D eigenvalue weighted by Crippen LogP contribution is 2.32. The summed E-state index contributed by atoms with van der Waals surface area (Å²) in [6, 6.07) is 11.5. The third kappa shape index (κ3) is 2.50. The van der Waals surface area contributed by atoms with Gasteiger partial charge >= 0.3 is 0 Å². The summed E-state index contributed by atoms with van der Waals surface area (Å²) in [4.78, 5) is 10.5. The summed E-state index contributed by atoms with van der Waals surface area (Å²) in [5.41, 5.74) is 1.96. The van der Waals surface area contributed by atoms with Gasteiger partial charge in [0.1, 0.15) is 0 Å². The average molecular weight is 264 g/mol. The van der Waals surface area contributed by atoms with Crippen LogP contribution < -0.4 is 0 Å². The molecule has 2 aromatic carbocycles. The van der Waals surface area contributed by atoms with E-state index < -0.39 is 4.92 Å². The molecule has 0 aliphatic rings. The lowest BCUT2D eigenvalue weighted by molar-refractivity contribution is -0.384. The first-order valence-corrected chi connectivity index (χ1v) is 5.63. The van der Waals surface area contributed by atoms with E-state index in [0.717, 1.165) is 11.1 Å². The molecular formula is C13H10ClNO3. The van der Waals surface area contributed by atoms with Gasteiger partial charge in [-0.1, -0.05) is 35.9 Å². The molecule has 0 heterocycles. The lowest BCUT2D eigenvalue weighted by Crippen LogP contribution is -1.92. The van der Waals surface area contributed by atoms with Crippen LogP contribution in [0, 0.1) is 10.1 Å². The van der Waals surface area contributed by atoms with E-state index in [2.05, 4.69) is 0 Å². The highest BCUT2D eigenvalue weighted by Gasteiger charge is 2.15. The first-order valence-electron chi connectivity index (χ1n) is 5.26. The molecule has 0 saturated heterocycles. The lowest BCUT2D eigenvalue weighted by Gasteiger charge is -2.04. The Morgan fingerprint density at radius 1 is 1.17 bits per heavy atom. The normalized spacial score (nSPS) is 10.3. The summed E-state index contributed by atoms with van der Waals surface area (Å²) < 4.78 is 0. The first kappa shape index (κ1) is 12.5. The number of nitrogens with zero attached hydrogens (tertiary/aromatic N) is 1. The van der Waals surface area contributed by atoms with Crippen molar-refractivity contribution in [2.75, 3.05) is 0 Å². The lowest BCUT2D eigenvalue weighted by atomic mass is 10.0. The van der Waals surface area contributed by atoms with Crippen molar-refractivity contribution in [3.63, 3.8) is 0 Å². The number of aliphatic hydroxyl groups is 1. The van der Waals surface area contributed by atoms with Gasteiger partial charge in [0.15, 0.2) is 0 Å². The van der Waals surface area contributed by atoms with Crippen molar-refractivity contribution in [1.29, 1.82) is 0 Å². The molecule has 0 amide bonds. The molecule has 2 aromatic rings. The Kier molecular flexibility index (Phi) is 3.60. The second kappa shape index (κ2) is 5.16. The fourth-order valence-corrected chi connectivity index (χ4v) is 1.86. The number of hydrogen-bond donors (Lipinski definition) is 1. The third-order valence-corrected chi connectivity index (χ3v) is 2.84. The molecule has 0 aliphatic heterocycles. The van der Waals surface area contributed by atoms with Crippen LogP contribution in [0.5, 0.6) is 0 Å². The fourth-order valence-electron chi connectivity index (χ4n) is 1.69. The Bertz CT molecular complexity index is 581. The standard InChI is InChI=1S/C13H10ClNO3/c14-11-5-6-12(13(7-11)15(17)18)10-3-1-9(8-16)2-4-10/h1-7,16H,8H2. The van der Waals surface area contributed by atoms with E-state index in [1.54, 1.807) is 36.4 Å². The van der Waals surface area contributed by atoms with E-state index in [1.807, 2.05) is 0 Å². The van der Waals surface area contributed by atoms with Crippen molar-refractivity contribution in [2.24, 2.45) is 0 Å². The molecule has 0 aliphatic carbocycles. The summed E-state index contributed by atoms with van der Waals surface area (Å²) in [5.74, 6) is 0. The predicted octanol–water partition coefficient (Wildman–Crippen LogP) is 3.41. The topological polar surface area (TPSA) is 63.4 Å². The minimum atomic E-state index is -0.457. The number of hydrogen-bond acceptors (Lipinski definition) is 3. The zero-order valence-electron chi connectivity index (χ0n) is 9.34. The summed E-state index contributed by atoms with van der Waals surface area (Å²) in [5, 5.41) is 20.3. The Hall–Kier alpha value is -1.91. The number of rotatable bonds is 3. The number of halogens is 1.